The topological polar surface area (TPSA) is 28.7 Å². The molecule has 0 bridgehead atoms. The van der Waals surface area contributed by atoms with Crippen LogP contribution in [0.4, 0.5) is 0 Å². The Balaban J connectivity index is 2.07. The molecule has 0 aliphatic rings. The van der Waals surface area contributed by atoms with Crippen molar-refractivity contribution in [3.63, 3.8) is 0 Å². The van der Waals surface area contributed by atoms with Gasteiger partial charge in [0.1, 0.15) is 0 Å². The van der Waals surface area contributed by atoms with E-state index in [9.17, 15) is 0 Å². The van der Waals surface area contributed by atoms with Crippen LogP contribution in [0.3, 0.4) is 0 Å². The number of H-pyrrole nitrogens is 1. The number of nitrogens with one attached hydrogen (secondary N) is 1. The van der Waals surface area contributed by atoms with Crippen LogP contribution in [-0.4, -0.2) is 15.8 Å². The molecule has 0 aliphatic heterocycles. The lowest BCUT2D eigenvalue weighted by Gasteiger charge is -1.93. The third kappa shape index (κ3) is 1.96. The number of fused-ring (bicyclic) bond motifs is 1. The molecular formula is C13H11ClN2S. The Kier molecular flexibility index (Phi) is 2.87. The number of rotatable bonds is 3. The lowest BCUT2D eigenvalue weighted by Crippen LogP contribution is -1.84. The van der Waals surface area contributed by atoms with E-state index in [1.165, 1.54) is 5.39 Å². The molecule has 0 saturated heterocycles. The van der Waals surface area contributed by atoms with Gasteiger partial charge in [-0.2, -0.15) is 0 Å². The van der Waals surface area contributed by atoms with Crippen LogP contribution in [0, 0.1) is 0 Å². The van der Waals surface area contributed by atoms with Crippen molar-refractivity contribution in [3.8, 4) is 11.3 Å². The van der Waals surface area contributed by atoms with Gasteiger partial charge in [-0.25, -0.2) is 4.98 Å². The molecule has 0 radical (unpaired) electrons. The Bertz CT molecular complexity index is 641. The smallest absolute Gasteiger partial charge is 0.0944 e. The lowest BCUT2D eigenvalue weighted by atomic mass is 10.1. The van der Waals surface area contributed by atoms with Gasteiger partial charge in [0, 0.05) is 40.3 Å². The minimum Gasteiger partial charge on any atom is -0.360 e. The van der Waals surface area contributed by atoms with Crippen molar-refractivity contribution in [2.24, 2.45) is 0 Å². The summed E-state index contributed by atoms with van der Waals surface area (Å²) >= 11 is 7.40. The zero-order chi connectivity index (χ0) is 11.7. The Morgan fingerprint density at radius 1 is 1.29 bits per heavy atom. The van der Waals surface area contributed by atoms with Gasteiger partial charge in [-0.15, -0.1) is 22.9 Å². The molecule has 0 saturated carbocycles. The molecule has 86 valence electrons. The molecule has 3 rings (SSSR count). The molecule has 2 aromatic heterocycles. The minimum atomic E-state index is 0.626. The molecule has 0 unspecified atom stereocenters. The van der Waals surface area contributed by atoms with E-state index >= 15 is 0 Å². The van der Waals surface area contributed by atoms with Crippen molar-refractivity contribution in [2.75, 3.05) is 5.88 Å². The Morgan fingerprint density at radius 2 is 2.18 bits per heavy atom. The maximum absolute atomic E-state index is 5.73. The number of halogens is 1. The summed E-state index contributed by atoms with van der Waals surface area (Å²) in [6.07, 6.45) is 2.86. The molecule has 2 heterocycles. The predicted octanol–water partition coefficient (Wildman–Crippen LogP) is 4.07. The molecule has 0 atom stereocenters. The van der Waals surface area contributed by atoms with Gasteiger partial charge in [0.25, 0.3) is 0 Å². The maximum Gasteiger partial charge on any atom is 0.0944 e. The molecule has 17 heavy (non-hydrogen) atoms. The van der Waals surface area contributed by atoms with Crippen molar-refractivity contribution >= 4 is 33.8 Å². The number of aryl methyl sites for hydroxylation is 1. The van der Waals surface area contributed by atoms with Crippen LogP contribution >= 0.6 is 22.9 Å². The van der Waals surface area contributed by atoms with Crippen molar-refractivity contribution in [3.05, 3.63) is 40.8 Å². The molecule has 0 fully saturated rings. The fourth-order valence-corrected chi connectivity index (χ4v) is 3.00. The summed E-state index contributed by atoms with van der Waals surface area (Å²) in [4.78, 5) is 7.87. The van der Waals surface area contributed by atoms with E-state index in [0.29, 0.717) is 5.88 Å². The molecule has 4 heteroatoms. The van der Waals surface area contributed by atoms with Crippen molar-refractivity contribution in [2.45, 2.75) is 6.42 Å². The molecule has 0 aliphatic carbocycles. The number of aromatic nitrogens is 2. The molecule has 3 aromatic rings. The SMILES string of the molecule is ClCCc1nc(-c2c[nH]c3ccccc23)cs1. The van der Waals surface area contributed by atoms with Gasteiger partial charge >= 0.3 is 0 Å². The third-order valence-electron chi connectivity index (χ3n) is 2.73. The standard InChI is InChI=1S/C13H11ClN2S/c14-6-5-13-16-12(8-17-13)10-7-15-11-4-2-1-3-9(10)11/h1-4,7-8,15H,5-6H2. The number of aromatic amines is 1. The highest BCUT2D eigenvalue weighted by Crippen LogP contribution is 2.29. The second kappa shape index (κ2) is 4.51. The van der Waals surface area contributed by atoms with E-state index in [0.717, 1.165) is 28.2 Å². The summed E-state index contributed by atoms with van der Waals surface area (Å²) in [5.41, 5.74) is 3.35. The summed E-state index contributed by atoms with van der Waals surface area (Å²) in [6.45, 7) is 0. The highest BCUT2D eigenvalue weighted by Gasteiger charge is 2.09. The number of alkyl halides is 1. The zero-order valence-electron chi connectivity index (χ0n) is 9.11. The van der Waals surface area contributed by atoms with Crippen LogP contribution in [0.1, 0.15) is 5.01 Å². The number of thiazole rings is 1. The minimum absolute atomic E-state index is 0.626. The first-order chi connectivity index (χ1) is 8.38. The molecule has 2 nitrogen and oxygen atoms in total. The summed E-state index contributed by atoms with van der Waals surface area (Å²) in [7, 11) is 0. The van der Waals surface area contributed by atoms with Gasteiger partial charge in [0.05, 0.1) is 10.7 Å². The number of hydrogen-bond acceptors (Lipinski definition) is 2. The van der Waals surface area contributed by atoms with Crippen LogP contribution in [0.5, 0.6) is 0 Å². The van der Waals surface area contributed by atoms with Crippen LogP contribution < -0.4 is 0 Å². The number of hydrogen-bond donors (Lipinski definition) is 1. The van der Waals surface area contributed by atoms with Gasteiger partial charge in [-0.3, -0.25) is 0 Å². The van der Waals surface area contributed by atoms with Gasteiger partial charge in [0.2, 0.25) is 0 Å². The predicted molar refractivity (Wildman–Crippen MR) is 73.8 cm³/mol. The first-order valence-corrected chi connectivity index (χ1v) is 6.87. The first kappa shape index (κ1) is 10.8. The van der Waals surface area contributed by atoms with Crippen LogP contribution in [0.2, 0.25) is 0 Å². The van der Waals surface area contributed by atoms with Crippen molar-refractivity contribution < 1.29 is 0 Å². The Hall–Kier alpha value is -1.32. The normalized spacial score (nSPS) is 11.1. The van der Waals surface area contributed by atoms with Crippen LogP contribution in [0.15, 0.2) is 35.8 Å². The van der Waals surface area contributed by atoms with Crippen molar-refractivity contribution in [1.29, 1.82) is 0 Å². The maximum atomic E-state index is 5.73. The van der Waals surface area contributed by atoms with E-state index in [-0.39, 0.29) is 0 Å². The summed E-state index contributed by atoms with van der Waals surface area (Å²) < 4.78 is 0. The van der Waals surface area contributed by atoms with Gasteiger partial charge < -0.3 is 4.98 Å². The van der Waals surface area contributed by atoms with E-state index in [2.05, 4.69) is 27.5 Å². The summed E-state index contributed by atoms with van der Waals surface area (Å²) in [6, 6.07) is 8.26. The average Bonchev–Trinajstić information content (AvgIpc) is 2.95. The van der Waals surface area contributed by atoms with E-state index in [1.807, 2.05) is 18.3 Å². The van der Waals surface area contributed by atoms with Crippen LogP contribution in [-0.2, 0) is 6.42 Å². The highest BCUT2D eigenvalue weighted by atomic mass is 35.5. The number of benzene rings is 1. The second-order valence-corrected chi connectivity index (χ2v) is 5.13. The summed E-state index contributed by atoms with van der Waals surface area (Å²) in [5, 5.41) is 4.41. The van der Waals surface area contributed by atoms with Gasteiger partial charge in [0.15, 0.2) is 0 Å². The van der Waals surface area contributed by atoms with Gasteiger partial charge in [-0.05, 0) is 6.07 Å². The largest absolute Gasteiger partial charge is 0.360 e. The summed E-state index contributed by atoms with van der Waals surface area (Å²) in [5.74, 6) is 0.626. The van der Waals surface area contributed by atoms with Gasteiger partial charge in [-0.1, -0.05) is 18.2 Å². The van der Waals surface area contributed by atoms with E-state index in [4.69, 9.17) is 11.6 Å². The first-order valence-electron chi connectivity index (χ1n) is 5.45. The fourth-order valence-electron chi connectivity index (χ4n) is 1.91. The molecule has 0 amide bonds. The molecule has 1 aromatic carbocycles. The fraction of sp³-hybridized carbons (Fsp3) is 0.154. The van der Waals surface area contributed by atoms with E-state index in [1.54, 1.807) is 11.3 Å². The molecular weight excluding hydrogens is 252 g/mol. The average molecular weight is 263 g/mol. The number of nitrogens with zero attached hydrogens (tertiary/aromatic N) is 1. The van der Waals surface area contributed by atoms with Crippen molar-refractivity contribution in [1.82, 2.24) is 9.97 Å². The molecule has 0 spiro atoms. The quantitative estimate of drug-likeness (QED) is 0.708. The highest BCUT2D eigenvalue weighted by molar-refractivity contribution is 7.10. The lowest BCUT2D eigenvalue weighted by molar-refractivity contribution is 1.10. The van der Waals surface area contributed by atoms with E-state index < -0.39 is 0 Å². The monoisotopic (exact) mass is 262 g/mol. The molecule has 1 N–H and O–H groups in total. The number of para-hydroxylation sites is 1. The Morgan fingerprint density at radius 3 is 3.06 bits per heavy atom. The second-order valence-electron chi connectivity index (χ2n) is 3.81. The zero-order valence-corrected chi connectivity index (χ0v) is 10.7. The Labute approximate surface area is 108 Å². The van der Waals surface area contributed by atoms with Crippen LogP contribution in [0.25, 0.3) is 22.2 Å². The third-order valence-corrected chi connectivity index (χ3v) is 3.82.